The molecule has 8 heteroatoms. The summed E-state index contributed by atoms with van der Waals surface area (Å²) in [6.45, 7) is -0.337. The van der Waals surface area contributed by atoms with Gasteiger partial charge in [-0.2, -0.15) is 0 Å². The Hall–Kier alpha value is -2.96. The van der Waals surface area contributed by atoms with Gasteiger partial charge in [0.15, 0.2) is 6.61 Å². The summed E-state index contributed by atoms with van der Waals surface area (Å²) < 4.78 is 10.6. The summed E-state index contributed by atoms with van der Waals surface area (Å²) in [5.74, 6) is -0.363. The number of carbonyl (C=O) groups is 2. The van der Waals surface area contributed by atoms with Crippen LogP contribution in [0.1, 0.15) is 10.4 Å². The predicted molar refractivity (Wildman–Crippen MR) is 108 cm³/mol. The van der Waals surface area contributed by atoms with E-state index in [2.05, 4.69) is 10.9 Å². The molecule has 28 heavy (non-hydrogen) atoms. The molecule has 0 saturated heterocycles. The van der Waals surface area contributed by atoms with Crippen LogP contribution in [0.5, 0.6) is 11.5 Å². The van der Waals surface area contributed by atoms with E-state index in [0.717, 1.165) is 10.8 Å². The van der Waals surface area contributed by atoms with Crippen molar-refractivity contribution in [3.63, 3.8) is 0 Å². The molecule has 144 valence electrons. The minimum atomic E-state index is -0.556. The second-order valence-corrected chi connectivity index (χ2v) is 6.61. The van der Waals surface area contributed by atoms with Crippen LogP contribution in [0.25, 0.3) is 10.8 Å². The highest BCUT2D eigenvalue weighted by Crippen LogP contribution is 2.27. The number of carbonyl (C=O) groups excluding carboxylic acids is 2. The van der Waals surface area contributed by atoms with E-state index in [1.165, 1.54) is 13.2 Å². The van der Waals surface area contributed by atoms with Gasteiger partial charge in [-0.25, -0.2) is 0 Å². The smallest absolute Gasteiger partial charge is 0.276 e. The van der Waals surface area contributed by atoms with Gasteiger partial charge in [-0.15, -0.1) is 0 Å². The van der Waals surface area contributed by atoms with Crippen molar-refractivity contribution in [3.8, 4) is 11.5 Å². The first-order valence-corrected chi connectivity index (χ1v) is 8.97. The van der Waals surface area contributed by atoms with E-state index >= 15 is 0 Å². The van der Waals surface area contributed by atoms with Crippen LogP contribution in [0.4, 0.5) is 0 Å². The van der Waals surface area contributed by atoms with Gasteiger partial charge in [0.25, 0.3) is 11.8 Å². The van der Waals surface area contributed by atoms with Crippen molar-refractivity contribution in [2.75, 3.05) is 13.7 Å². The Morgan fingerprint density at radius 2 is 1.64 bits per heavy atom. The molecular weight excluding hydrogens is 403 g/mol. The van der Waals surface area contributed by atoms with Crippen molar-refractivity contribution in [2.24, 2.45) is 0 Å². The normalized spacial score (nSPS) is 10.4. The summed E-state index contributed by atoms with van der Waals surface area (Å²) >= 11 is 11.8. The molecule has 0 bridgehead atoms. The van der Waals surface area contributed by atoms with Crippen molar-refractivity contribution in [1.82, 2.24) is 10.9 Å². The molecule has 0 fully saturated rings. The average Bonchev–Trinajstić information content (AvgIpc) is 2.70. The summed E-state index contributed by atoms with van der Waals surface area (Å²) in [6.07, 6.45) is 0. The first kappa shape index (κ1) is 19.8. The zero-order chi connectivity index (χ0) is 20.1. The number of fused-ring (bicyclic) bond motifs is 1. The summed E-state index contributed by atoms with van der Waals surface area (Å²) in [5, 5.41) is 2.55. The Kier molecular flexibility index (Phi) is 6.23. The monoisotopic (exact) mass is 418 g/mol. The molecule has 6 nitrogen and oxygen atoms in total. The van der Waals surface area contributed by atoms with Crippen molar-refractivity contribution in [2.45, 2.75) is 0 Å². The summed E-state index contributed by atoms with van der Waals surface area (Å²) in [6, 6.07) is 15.7. The largest absolute Gasteiger partial charge is 0.496 e. The van der Waals surface area contributed by atoms with Crippen LogP contribution in [0.3, 0.4) is 0 Å². The summed E-state index contributed by atoms with van der Waals surface area (Å²) in [4.78, 5) is 24.4. The lowest BCUT2D eigenvalue weighted by atomic mass is 10.1. The second kappa shape index (κ2) is 8.82. The molecule has 0 radical (unpaired) electrons. The molecule has 2 amide bonds. The summed E-state index contributed by atoms with van der Waals surface area (Å²) in [5.41, 5.74) is 4.93. The highest BCUT2D eigenvalue weighted by Gasteiger charge is 2.15. The van der Waals surface area contributed by atoms with Gasteiger partial charge in [0.05, 0.1) is 17.7 Å². The Morgan fingerprint density at radius 1 is 0.929 bits per heavy atom. The van der Waals surface area contributed by atoms with E-state index in [-0.39, 0.29) is 11.6 Å². The molecule has 0 aliphatic rings. The van der Waals surface area contributed by atoms with Crippen molar-refractivity contribution in [3.05, 3.63) is 70.2 Å². The SMILES string of the molecule is COc1cc2ccccc2cc1C(=O)NNC(=O)COc1ccc(Cl)cc1Cl. The zero-order valence-corrected chi connectivity index (χ0v) is 16.3. The molecule has 3 aromatic rings. The highest BCUT2D eigenvalue weighted by atomic mass is 35.5. The van der Waals surface area contributed by atoms with Gasteiger partial charge in [0.2, 0.25) is 0 Å². The van der Waals surface area contributed by atoms with E-state index in [9.17, 15) is 9.59 Å². The van der Waals surface area contributed by atoms with Crippen LogP contribution in [-0.2, 0) is 4.79 Å². The third-order valence-corrected chi connectivity index (χ3v) is 4.41. The minimum Gasteiger partial charge on any atom is -0.496 e. The van der Waals surface area contributed by atoms with Gasteiger partial charge in [-0.05, 0) is 41.1 Å². The van der Waals surface area contributed by atoms with Crippen LogP contribution >= 0.6 is 23.2 Å². The van der Waals surface area contributed by atoms with E-state index in [1.54, 1.807) is 24.3 Å². The number of methoxy groups -OCH3 is 1. The van der Waals surface area contributed by atoms with Crippen molar-refractivity contribution in [1.29, 1.82) is 0 Å². The standard InChI is InChI=1S/C20H16Cl2N2O4/c1-27-18-9-13-5-3-2-4-12(13)8-15(18)20(26)24-23-19(25)11-28-17-7-6-14(21)10-16(17)22/h2-10H,11H2,1H3,(H,23,25)(H,24,26). The van der Waals surface area contributed by atoms with Gasteiger partial charge in [0, 0.05) is 5.02 Å². The predicted octanol–water partition coefficient (Wildman–Crippen LogP) is 4.00. The number of nitrogens with one attached hydrogen (secondary N) is 2. The molecule has 0 aliphatic heterocycles. The lowest BCUT2D eigenvalue weighted by Crippen LogP contribution is -2.43. The first-order valence-electron chi connectivity index (χ1n) is 8.22. The topological polar surface area (TPSA) is 76.7 Å². The van der Waals surface area contributed by atoms with Crippen LogP contribution in [-0.4, -0.2) is 25.5 Å². The van der Waals surface area contributed by atoms with Crippen molar-refractivity contribution >= 4 is 45.8 Å². The number of amides is 2. The fourth-order valence-electron chi connectivity index (χ4n) is 2.53. The van der Waals surface area contributed by atoms with Gasteiger partial charge < -0.3 is 9.47 Å². The molecule has 3 aromatic carbocycles. The maximum Gasteiger partial charge on any atom is 0.276 e. The zero-order valence-electron chi connectivity index (χ0n) is 14.8. The van der Waals surface area contributed by atoms with Crippen LogP contribution in [0, 0.1) is 0 Å². The number of benzene rings is 3. The minimum absolute atomic E-state index is 0.283. The lowest BCUT2D eigenvalue weighted by molar-refractivity contribution is -0.123. The lowest BCUT2D eigenvalue weighted by Gasteiger charge is -2.12. The highest BCUT2D eigenvalue weighted by molar-refractivity contribution is 6.35. The molecule has 3 rings (SSSR count). The third-order valence-electron chi connectivity index (χ3n) is 3.88. The molecule has 0 spiro atoms. The second-order valence-electron chi connectivity index (χ2n) is 5.77. The molecular formula is C20H16Cl2N2O4. The summed E-state index contributed by atoms with van der Waals surface area (Å²) in [7, 11) is 1.48. The fraction of sp³-hybridized carbons (Fsp3) is 0.100. The number of rotatable bonds is 5. The molecule has 0 aromatic heterocycles. The quantitative estimate of drug-likeness (QED) is 0.614. The maximum absolute atomic E-state index is 12.5. The number of hydrazine groups is 1. The Morgan fingerprint density at radius 3 is 2.32 bits per heavy atom. The maximum atomic E-state index is 12.5. The van der Waals surface area contributed by atoms with Gasteiger partial charge in [0.1, 0.15) is 11.5 Å². The van der Waals surface area contributed by atoms with E-state index < -0.39 is 11.8 Å². The Labute approximate surface area is 171 Å². The third kappa shape index (κ3) is 4.65. The Balaban J connectivity index is 1.62. The first-order chi connectivity index (χ1) is 13.5. The molecule has 0 unspecified atom stereocenters. The van der Waals surface area contributed by atoms with Gasteiger partial charge in [-0.3, -0.25) is 20.4 Å². The molecule has 0 atom stereocenters. The number of hydrogen-bond acceptors (Lipinski definition) is 4. The van der Waals surface area contributed by atoms with Crippen molar-refractivity contribution < 1.29 is 19.1 Å². The molecule has 0 heterocycles. The number of ether oxygens (including phenoxy) is 2. The van der Waals surface area contributed by atoms with Crippen LogP contribution in [0.2, 0.25) is 10.0 Å². The fourth-order valence-corrected chi connectivity index (χ4v) is 2.99. The van der Waals surface area contributed by atoms with E-state index in [4.69, 9.17) is 32.7 Å². The van der Waals surface area contributed by atoms with Crippen LogP contribution in [0.15, 0.2) is 54.6 Å². The van der Waals surface area contributed by atoms with E-state index in [0.29, 0.717) is 22.1 Å². The Bertz CT molecular complexity index is 1040. The number of halogens is 2. The molecule has 2 N–H and O–H groups in total. The molecule has 0 aliphatic carbocycles. The van der Waals surface area contributed by atoms with Gasteiger partial charge in [-0.1, -0.05) is 47.5 Å². The van der Waals surface area contributed by atoms with Crippen LogP contribution < -0.4 is 20.3 Å². The average molecular weight is 419 g/mol. The number of hydrogen-bond donors (Lipinski definition) is 2. The molecule has 0 saturated carbocycles. The van der Waals surface area contributed by atoms with Gasteiger partial charge >= 0.3 is 0 Å². The van der Waals surface area contributed by atoms with E-state index in [1.807, 2.05) is 24.3 Å².